The summed E-state index contributed by atoms with van der Waals surface area (Å²) in [6.45, 7) is 2.57. The van der Waals surface area contributed by atoms with Gasteiger partial charge >= 0.3 is 5.76 Å². The van der Waals surface area contributed by atoms with Gasteiger partial charge in [-0.3, -0.25) is 19.0 Å². The van der Waals surface area contributed by atoms with Crippen LogP contribution in [0.2, 0.25) is 0 Å². The number of ketones is 1. The molecule has 6 saturated carbocycles. The first-order valence-electron chi connectivity index (χ1n) is 13.3. The normalized spacial score (nSPS) is 35.2. The van der Waals surface area contributed by atoms with Gasteiger partial charge in [-0.25, -0.2) is 14.3 Å². The predicted molar refractivity (Wildman–Crippen MR) is 134 cm³/mol. The molecule has 39 heavy (non-hydrogen) atoms. The summed E-state index contributed by atoms with van der Waals surface area (Å²) in [5.74, 6) is 2.65. The molecule has 11 nitrogen and oxygen atoms in total. The van der Waals surface area contributed by atoms with Gasteiger partial charge in [0.25, 0.3) is 11.8 Å². The fourth-order valence-electron chi connectivity index (χ4n) is 9.88. The summed E-state index contributed by atoms with van der Waals surface area (Å²) in [6.07, 6.45) is 1.55. The van der Waals surface area contributed by atoms with Gasteiger partial charge < -0.3 is 15.1 Å². The molecule has 6 fully saturated rings. The Morgan fingerprint density at radius 2 is 1.74 bits per heavy atom. The summed E-state index contributed by atoms with van der Waals surface area (Å²) in [4.78, 5) is 54.8. The number of carbonyl (C=O) groups is 3. The third-order valence-corrected chi connectivity index (χ3v) is 11.1. The minimum atomic E-state index is -0.449. The summed E-state index contributed by atoms with van der Waals surface area (Å²) in [6, 6.07) is 8.38. The second kappa shape index (κ2) is 6.47. The average Bonchev–Trinajstić information content (AvgIpc) is 3.53. The van der Waals surface area contributed by atoms with Crippen LogP contribution in [0, 0.1) is 46.3 Å². The molecule has 10 rings (SSSR count). The molecule has 2 N–H and O–H groups in total. The zero-order valence-corrected chi connectivity index (χ0v) is 21.2. The zero-order chi connectivity index (χ0) is 26.6. The molecule has 0 atom stereocenters. The molecule has 4 aromatic rings. The SMILES string of the molecule is CC(=O)C12C3C4C1C1C2C3C41CNC(=O)c1cc(C(=O)NCc2ccc3oc(=O)n(C)c3c2)nc2ccnn12. The number of nitrogens with one attached hydrogen (secondary N) is 2. The van der Waals surface area contributed by atoms with Crippen LogP contribution in [0.4, 0.5) is 0 Å². The molecule has 6 aliphatic carbocycles. The van der Waals surface area contributed by atoms with Crippen LogP contribution in [0.1, 0.15) is 33.5 Å². The number of hydrogen-bond acceptors (Lipinski definition) is 7. The van der Waals surface area contributed by atoms with E-state index < -0.39 is 11.7 Å². The molecule has 0 bridgehead atoms. The topological polar surface area (TPSA) is 141 Å². The minimum Gasteiger partial charge on any atom is -0.408 e. The van der Waals surface area contributed by atoms with Crippen LogP contribution in [-0.4, -0.2) is 43.3 Å². The van der Waals surface area contributed by atoms with E-state index in [2.05, 4.69) is 20.7 Å². The molecule has 2 amide bonds. The highest BCUT2D eigenvalue weighted by molar-refractivity contribution is 5.98. The van der Waals surface area contributed by atoms with E-state index in [4.69, 9.17) is 4.42 Å². The van der Waals surface area contributed by atoms with Crippen LogP contribution in [0.3, 0.4) is 0 Å². The highest BCUT2D eigenvalue weighted by atomic mass is 16.4. The Labute approximate surface area is 220 Å². The summed E-state index contributed by atoms with van der Waals surface area (Å²) in [7, 11) is 1.62. The molecular formula is C28H24N6O5. The number of amides is 2. The highest BCUT2D eigenvalue weighted by Gasteiger charge is 3.10. The molecular weight excluding hydrogens is 500 g/mol. The summed E-state index contributed by atoms with van der Waals surface area (Å²) in [5.41, 5.74) is 2.87. The summed E-state index contributed by atoms with van der Waals surface area (Å²) >= 11 is 0. The zero-order valence-electron chi connectivity index (χ0n) is 21.2. The lowest BCUT2D eigenvalue weighted by Gasteiger charge is -3.11. The van der Waals surface area contributed by atoms with Gasteiger partial charge in [0.15, 0.2) is 11.2 Å². The molecule has 1 aromatic carbocycles. The van der Waals surface area contributed by atoms with E-state index in [1.54, 1.807) is 44.4 Å². The maximum atomic E-state index is 13.4. The molecule has 196 valence electrons. The van der Waals surface area contributed by atoms with Gasteiger partial charge in [0.1, 0.15) is 17.2 Å². The van der Waals surface area contributed by atoms with Gasteiger partial charge in [-0.2, -0.15) is 5.10 Å². The van der Waals surface area contributed by atoms with Crippen molar-refractivity contribution in [2.75, 3.05) is 6.54 Å². The Balaban J connectivity index is 0.922. The quantitative estimate of drug-likeness (QED) is 0.370. The largest absolute Gasteiger partial charge is 0.419 e. The van der Waals surface area contributed by atoms with Crippen LogP contribution in [-0.2, 0) is 18.4 Å². The van der Waals surface area contributed by atoms with Crippen LogP contribution in [0.5, 0.6) is 0 Å². The van der Waals surface area contributed by atoms with Crippen molar-refractivity contribution in [3.63, 3.8) is 0 Å². The fourth-order valence-corrected chi connectivity index (χ4v) is 9.88. The maximum absolute atomic E-state index is 13.4. The molecule has 11 heteroatoms. The number of Topliss-reactive ketones (excluding diaryl/α,β-unsaturated/α-hetero) is 1. The number of hydrogen-bond donors (Lipinski definition) is 2. The number of rotatable bonds is 7. The van der Waals surface area contributed by atoms with Gasteiger partial charge in [0, 0.05) is 37.7 Å². The standard InChI is InChI=1S/C28H24N6O5/c1-11(35)28-21-18-22(28)20-23(28)19(21)27(18,20)10-30-25(37)15-8-13(32-17-5-6-31-34(15)17)24(36)29-9-12-3-4-16-14(7-12)33(2)26(38)39-16/h3-8,18-23H,9-10H2,1-2H3,(H,29,36)(H,30,37). The Hall–Kier alpha value is -4.28. The number of fused-ring (bicyclic) bond motifs is 2. The van der Waals surface area contributed by atoms with Crippen molar-refractivity contribution in [1.29, 1.82) is 0 Å². The number of carbonyl (C=O) groups excluding carboxylic acids is 3. The monoisotopic (exact) mass is 524 g/mol. The lowest BCUT2D eigenvalue weighted by molar-refractivity contribution is -0.638. The fraction of sp³-hybridized carbons (Fsp3) is 0.429. The minimum absolute atomic E-state index is 0.0151. The molecule has 0 radical (unpaired) electrons. The van der Waals surface area contributed by atoms with Crippen LogP contribution in [0.25, 0.3) is 16.7 Å². The van der Waals surface area contributed by atoms with Gasteiger partial charge in [-0.05, 0) is 65.5 Å². The van der Waals surface area contributed by atoms with Crippen molar-refractivity contribution in [2.24, 2.45) is 53.4 Å². The van der Waals surface area contributed by atoms with Crippen molar-refractivity contribution in [3.05, 3.63) is 64.0 Å². The Bertz CT molecular complexity index is 1840. The predicted octanol–water partition coefficient (Wildman–Crippen LogP) is 1.16. The first-order chi connectivity index (χ1) is 18.8. The van der Waals surface area contributed by atoms with E-state index in [-0.39, 0.29) is 34.7 Å². The smallest absolute Gasteiger partial charge is 0.408 e. The van der Waals surface area contributed by atoms with E-state index in [9.17, 15) is 19.2 Å². The van der Waals surface area contributed by atoms with E-state index in [1.807, 2.05) is 0 Å². The van der Waals surface area contributed by atoms with Gasteiger partial charge in [-0.1, -0.05) is 6.07 Å². The number of nitrogens with zero attached hydrogens (tertiary/aromatic N) is 4. The Morgan fingerprint density at radius 1 is 1.00 bits per heavy atom. The third kappa shape index (κ3) is 2.08. The van der Waals surface area contributed by atoms with E-state index in [0.717, 1.165) is 5.56 Å². The number of aromatic nitrogens is 4. The van der Waals surface area contributed by atoms with Crippen molar-refractivity contribution in [1.82, 2.24) is 29.8 Å². The molecule has 6 aliphatic rings. The first kappa shape index (κ1) is 21.6. The molecule has 0 spiro atoms. The lowest BCUT2D eigenvalue weighted by Crippen LogP contribution is -3.11. The van der Waals surface area contributed by atoms with Crippen molar-refractivity contribution >= 4 is 34.3 Å². The van der Waals surface area contributed by atoms with Crippen molar-refractivity contribution in [3.8, 4) is 0 Å². The maximum Gasteiger partial charge on any atom is 0.419 e. The van der Waals surface area contributed by atoms with Gasteiger partial charge in [0.05, 0.1) is 11.7 Å². The average molecular weight is 525 g/mol. The molecule has 3 heterocycles. The molecule has 0 unspecified atom stereocenters. The number of oxazole rings is 1. The lowest BCUT2D eigenvalue weighted by atomic mass is 8.92. The van der Waals surface area contributed by atoms with E-state index in [0.29, 0.717) is 64.6 Å². The summed E-state index contributed by atoms with van der Waals surface area (Å²) in [5, 5.41) is 10.2. The number of aryl methyl sites for hydroxylation is 1. The van der Waals surface area contributed by atoms with Crippen molar-refractivity contribution in [2.45, 2.75) is 13.5 Å². The number of benzene rings is 1. The second-order valence-electron chi connectivity index (χ2n) is 12.0. The molecule has 3 aromatic heterocycles. The molecule has 0 saturated heterocycles. The van der Waals surface area contributed by atoms with Crippen molar-refractivity contribution < 1.29 is 18.8 Å². The van der Waals surface area contributed by atoms with E-state index >= 15 is 0 Å². The second-order valence-corrected chi connectivity index (χ2v) is 12.0. The van der Waals surface area contributed by atoms with E-state index in [1.165, 1.54) is 15.1 Å². The van der Waals surface area contributed by atoms with Crippen LogP contribution < -0.4 is 16.4 Å². The third-order valence-electron chi connectivity index (χ3n) is 11.1. The van der Waals surface area contributed by atoms with Gasteiger partial charge in [-0.15, -0.1) is 0 Å². The van der Waals surface area contributed by atoms with Crippen LogP contribution in [0.15, 0.2) is 45.7 Å². The highest BCUT2D eigenvalue weighted by Crippen LogP contribution is 3.10. The first-order valence-corrected chi connectivity index (χ1v) is 13.3. The Kier molecular flexibility index (Phi) is 3.59. The van der Waals surface area contributed by atoms with Gasteiger partial charge in [0.2, 0.25) is 0 Å². The molecule has 0 aliphatic heterocycles. The summed E-state index contributed by atoms with van der Waals surface area (Å²) < 4.78 is 8.02. The van der Waals surface area contributed by atoms with Crippen LogP contribution >= 0.6 is 0 Å². The Morgan fingerprint density at radius 3 is 2.46 bits per heavy atom.